The predicted molar refractivity (Wildman–Crippen MR) is 83.5 cm³/mol. The highest BCUT2D eigenvalue weighted by Crippen LogP contribution is 2.36. The zero-order valence-electron chi connectivity index (χ0n) is 13.2. The maximum absolute atomic E-state index is 12.3. The van der Waals surface area contributed by atoms with Gasteiger partial charge in [0.2, 0.25) is 0 Å². The Morgan fingerprint density at radius 3 is 2.50 bits per heavy atom. The lowest BCUT2D eigenvalue weighted by Gasteiger charge is -2.46. The largest absolute Gasteiger partial charge is 0.300 e. The minimum absolute atomic E-state index is 0.284. The van der Waals surface area contributed by atoms with Crippen molar-refractivity contribution in [2.24, 2.45) is 5.92 Å². The summed E-state index contributed by atoms with van der Waals surface area (Å²) in [4.78, 5) is 14.8. The zero-order chi connectivity index (χ0) is 14.4. The standard InChI is InChI=1S/C18H29NO/c1-3-4-5-6-7-8-12-18(20)15-13-16-10-9-11-17(14-15)19(16)2/h15-17H,3-6,9-14H2,1-2H3. The fourth-order valence-electron chi connectivity index (χ4n) is 3.72. The van der Waals surface area contributed by atoms with E-state index in [-0.39, 0.29) is 5.92 Å². The Balaban J connectivity index is 1.76. The van der Waals surface area contributed by atoms with E-state index in [1.165, 1.54) is 38.5 Å². The summed E-state index contributed by atoms with van der Waals surface area (Å²) in [6, 6.07) is 1.29. The van der Waals surface area contributed by atoms with Crippen molar-refractivity contribution in [1.29, 1.82) is 0 Å². The van der Waals surface area contributed by atoms with Crippen LogP contribution in [0.15, 0.2) is 0 Å². The average Bonchev–Trinajstić information content (AvgIpc) is 2.42. The van der Waals surface area contributed by atoms with Crippen molar-refractivity contribution in [3.05, 3.63) is 0 Å². The van der Waals surface area contributed by atoms with Crippen molar-refractivity contribution >= 4 is 5.78 Å². The van der Waals surface area contributed by atoms with Gasteiger partial charge < -0.3 is 4.90 Å². The smallest absolute Gasteiger partial charge is 0.147 e. The number of hydrogen-bond acceptors (Lipinski definition) is 2. The maximum Gasteiger partial charge on any atom is 0.147 e. The maximum atomic E-state index is 12.3. The Labute approximate surface area is 124 Å². The quantitative estimate of drug-likeness (QED) is 0.562. The fraction of sp³-hybridized carbons (Fsp3) is 0.833. The molecule has 0 aromatic carbocycles. The molecule has 0 aromatic rings. The lowest BCUT2D eigenvalue weighted by Crippen LogP contribution is -2.50. The van der Waals surface area contributed by atoms with E-state index < -0.39 is 0 Å². The summed E-state index contributed by atoms with van der Waals surface area (Å²) in [6.07, 6.45) is 11.2. The number of Topliss-reactive ketones (excluding diaryl/α,β-unsaturated/α-hetero) is 1. The number of carbonyl (C=O) groups excluding carboxylic acids is 1. The van der Waals surface area contributed by atoms with Gasteiger partial charge in [0.1, 0.15) is 5.78 Å². The van der Waals surface area contributed by atoms with E-state index in [2.05, 4.69) is 30.7 Å². The molecule has 0 radical (unpaired) electrons. The Morgan fingerprint density at radius 2 is 1.85 bits per heavy atom. The number of fused-ring (bicyclic) bond motifs is 2. The fourth-order valence-corrected chi connectivity index (χ4v) is 3.72. The van der Waals surface area contributed by atoms with Gasteiger partial charge in [-0.2, -0.15) is 0 Å². The first-order chi connectivity index (χ1) is 9.72. The van der Waals surface area contributed by atoms with Crippen LogP contribution in [0.1, 0.15) is 71.1 Å². The van der Waals surface area contributed by atoms with Crippen LogP contribution in [0.3, 0.4) is 0 Å². The molecule has 2 fully saturated rings. The van der Waals surface area contributed by atoms with E-state index in [0.717, 1.165) is 19.3 Å². The molecule has 2 aliphatic heterocycles. The summed E-state index contributed by atoms with van der Waals surface area (Å²) in [7, 11) is 2.24. The molecular formula is C18H29NO. The third kappa shape index (κ3) is 4.09. The second kappa shape index (κ2) is 7.84. The van der Waals surface area contributed by atoms with Gasteiger partial charge in [0.25, 0.3) is 0 Å². The molecular weight excluding hydrogens is 246 g/mol. The molecule has 2 heteroatoms. The Kier molecular flexibility index (Phi) is 6.10. The summed E-state index contributed by atoms with van der Waals surface area (Å²) in [6.45, 7) is 2.20. The van der Waals surface area contributed by atoms with Gasteiger partial charge >= 0.3 is 0 Å². The van der Waals surface area contributed by atoms with E-state index in [1.54, 1.807) is 0 Å². The van der Waals surface area contributed by atoms with Crippen LogP contribution in [-0.4, -0.2) is 29.8 Å². The molecule has 2 saturated heterocycles. The van der Waals surface area contributed by atoms with E-state index in [4.69, 9.17) is 0 Å². The van der Waals surface area contributed by atoms with E-state index in [1.807, 2.05) is 0 Å². The monoisotopic (exact) mass is 275 g/mol. The third-order valence-electron chi connectivity index (χ3n) is 5.09. The van der Waals surface area contributed by atoms with Crippen LogP contribution in [0.2, 0.25) is 0 Å². The minimum atomic E-state index is 0.284. The molecule has 2 rings (SSSR count). The summed E-state index contributed by atoms with van der Waals surface area (Å²) in [5, 5.41) is 0. The van der Waals surface area contributed by atoms with Gasteiger partial charge in [-0.25, -0.2) is 0 Å². The van der Waals surface area contributed by atoms with Crippen LogP contribution < -0.4 is 0 Å². The zero-order valence-corrected chi connectivity index (χ0v) is 13.2. The predicted octanol–water partition coefficient (Wildman–Crippen LogP) is 3.79. The molecule has 0 N–H and O–H groups in total. The number of carbonyl (C=O) groups is 1. The summed E-state index contributed by atoms with van der Waals surface area (Å²) < 4.78 is 0. The van der Waals surface area contributed by atoms with Crippen molar-refractivity contribution < 1.29 is 4.79 Å². The molecule has 0 aliphatic carbocycles. The molecule has 2 aliphatic rings. The van der Waals surface area contributed by atoms with Gasteiger partial charge in [0, 0.05) is 24.4 Å². The molecule has 20 heavy (non-hydrogen) atoms. The van der Waals surface area contributed by atoms with Gasteiger partial charge in [0.05, 0.1) is 6.42 Å². The van der Waals surface area contributed by atoms with Crippen molar-refractivity contribution in [2.45, 2.75) is 83.2 Å². The summed E-state index contributed by atoms with van der Waals surface area (Å²) in [5.41, 5.74) is 0. The summed E-state index contributed by atoms with van der Waals surface area (Å²) >= 11 is 0. The van der Waals surface area contributed by atoms with E-state index in [9.17, 15) is 4.79 Å². The van der Waals surface area contributed by atoms with Crippen LogP contribution in [0, 0.1) is 17.8 Å². The van der Waals surface area contributed by atoms with Gasteiger partial charge in [-0.05, 0) is 39.2 Å². The highest BCUT2D eigenvalue weighted by atomic mass is 16.1. The Morgan fingerprint density at radius 1 is 1.15 bits per heavy atom. The number of unbranched alkanes of at least 4 members (excludes halogenated alkanes) is 3. The topological polar surface area (TPSA) is 20.3 Å². The Bertz CT molecular complexity index is 365. The first-order valence-corrected chi connectivity index (χ1v) is 8.42. The Hall–Kier alpha value is -0.810. The van der Waals surface area contributed by atoms with Gasteiger partial charge in [-0.1, -0.05) is 32.1 Å². The molecule has 0 aromatic heterocycles. The lowest BCUT2D eigenvalue weighted by atomic mass is 9.76. The lowest BCUT2D eigenvalue weighted by molar-refractivity contribution is -0.125. The van der Waals surface area contributed by atoms with Crippen molar-refractivity contribution in [3.63, 3.8) is 0 Å². The first kappa shape index (κ1) is 15.6. The normalized spacial score (nSPS) is 29.6. The average molecular weight is 275 g/mol. The van der Waals surface area contributed by atoms with Gasteiger partial charge in [-0.3, -0.25) is 4.79 Å². The van der Waals surface area contributed by atoms with Crippen LogP contribution in [0.25, 0.3) is 0 Å². The van der Waals surface area contributed by atoms with Crippen LogP contribution in [0.4, 0.5) is 0 Å². The first-order valence-electron chi connectivity index (χ1n) is 8.42. The van der Waals surface area contributed by atoms with Crippen LogP contribution in [-0.2, 0) is 4.79 Å². The molecule has 2 atom stereocenters. The van der Waals surface area contributed by atoms with Gasteiger partial charge in [0.15, 0.2) is 0 Å². The number of piperidine rings is 2. The van der Waals surface area contributed by atoms with Crippen LogP contribution in [0.5, 0.6) is 0 Å². The second-order valence-electron chi connectivity index (χ2n) is 6.53. The third-order valence-corrected chi connectivity index (χ3v) is 5.09. The molecule has 0 spiro atoms. The molecule has 112 valence electrons. The molecule has 2 nitrogen and oxygen atoms in total. The van der Waals surface area contributed by atoms with E-state index in [0.29, 0.717) is 24.3 Å². The highest BCUT2D eigenvalue weighted by Gasteiger charge is 2.38. The molecule has 2 heterocycles. The molecule has 0 amide bonds. The van der Waals surface area contributed by atoms with Crippen LogP contribution >= 0.6 is 0 Å². The van der Waals surface area contributed by atoms with Gasteiger partial charge in [-0.15, -0.1) is 5.92 Å². The number of hydrogen-bond donors (Lipinski definition) is 0. The second-order valence-corrected chi connectivity index (χ2v) is 6.53. The SMILES string of the molecule is CCCCCC#CCC(=O)C1CC2CCCC(C1)N2C. The minimum Gasteiger partial charge on any atom is -0.300 e. The van der Waals surface area contributed by atoms with Crippen molar-refractivity contribution in [1.82, 2.24) is 4.90 Å². The number of ketones is 1. The van der Waals surface area contributed by atoms with Crippen molar-refractivity contribution in [3.8, 4) is 11.8 Å². The summed E-state index contributed by atoms with van der Waals surface area (Å²) in [5.74, 6) is 6.96. The molecule has 0 saturated carbocycles. The van der Waals surface area contributed by atoms with E-state index >= 15 is 0 Å². The molecule has 2 unspecified atom stereocenters. The highest BCUT2D eigenvalue weighted by molar-refractivity contribution is 5.83. The molecule has 2 bridgehead atoms. The number of rotatable bonds is 5. The number of nitrogens with zero attached hydrogens (tertiary/aromatic N) is 1. The van der Waals surface area contributed by atoms with Crippen molar-refractivity contribution in [2.75, 3.05) is 7.05 Å².